The van der Waals surface area contributed by atoms with Crippen LogP contribution < -0.4 is 0 Å². The number of oxime groups is 1. The molecule has 0 bridgehead atoms. The van der Waals surface area contributed by atoms with Gasteiger partial charge in [0.1, 0.15) is 5.60 Å². The van der Waals surface area contributed by atoms with Gasteiger partial charge >= 0.3 is 18.3 Å². The number of carbonyl (C=O) groups excluding carboxylic acids is 1. The maximum absolute atomic E-state index is 12.1. The highest BCUT2D eigenvalue weighted by Crippen LogP contribution is 2.30. The molecule has 0 aromatic carbocycles. The van der Waals surface area contributed by atoms with E-state index in [9.17, 15) is 31.1 Å². The van der Waals surface area contributed by atoms with Crippen molar-refractivity contribution in [2.75, 3.05) is 0 Å². The van der Waals surface area contributed by atoms with Crippen molar-refractivity contribution >= 4 is 11.7 Å². The van der Waals surface area contributed by atoms with Crippen molar-refractivity contribution in [2.45, 2.75) is 51.8 Å². The standard InChI is InChI=1S/C10H13F6NO3/c1-5(6(18)19-8(2,3)4)20-17-7(9(11,12)13)10(14,15)16/h5H,1-4H3. The van der Waals surface area contributed by atoms with Crippen LogP contribution >= 0.6 is 0 Å². The number of halogens is 6. The Bertz CT molecular complexity index is 364. The van der Waals surface area contributed by atoms with Gasteiger partial charge in [0.15, 0.2) is 0 Å². The zero-order valence-corrected chi connectivity index (χ0v) is 11.0. The fourth-order valence-electron chi connectivity index (χ4n) is 0.824. The molecule has 0 fully saturated rings. The molecule has 1 atom stereocenters. The molecule has 0 radical (unpaired) electrons. The molecule has 4 nitrogen and oxygen atoms in total. The number of carbonyl (C=O) groups is 1. The van der Waals surface area contributed by atoms with Gasteiger partial charge < -0.3 is 9.57 Å². The SMILES string of the molecule is CC(ON=C(C(F)(F)F)C(F)(F)F)C(=O)OC(C)(C)C. The summed E-state index contributed by atoms with van der Waals surface area (Å²) in [7, 11) is 0. The van der Waals surface area contributed by atoms with Gasteiger partial charge in [-0.1, -0.05) is 5.16 Å². The van der Waals surface area contributed by atoms with Crippen LogP contribution in [0.3, 0.4) is 0 Å². The van der Waals surface area contributed by atoms with Crippen molar-refractivity contribution in [3.05, 3.63) is 0 Å². The van der Waals surface area contributed by atoms with Crippen LogP contribution in [0.1, 0.15) is 27.7 Å². The summed E-state index contributed by atoms with van der Waals surface area (Å²) < 4.78 is 77.3. The number of hydrogen-bond donors (Lipinski definition) is 0. The van der Waals surface area contributed by atoms with Crippen molar-refractivity contribution in [3.8, 4) is 0 Å². The molecule has 0 aliphatic heterocycles. The molecule has 0 saturated carbocycles. The van der Waals surface area contributed by atoms with E-state index in [1.165, 1.54) is 20.8 Å². The first-order valence-electron chi connectivity index (χ1n) is 5.25. The topological polar surface area (TPSA) is 47.9 Å². The van der Waals surface area contributed by atoms with E-state index in [2.05, 4.69) is 4.84 Å². The molecule has 0 heterocycles. The Balaban J connectivity index is 4.94. The van der Waals surface area contributed by atoms with Crippen LogP contribution in [0.2, 0.25) is 0 Å². The molecule has 118 valence electrons. The van der Waals surface area contributed by atoms with Crippen molar-refractivity contribution in [2.24, 2.45) is 5.16 Å². The van der Waals surface area contributed by atoms with E-state index >= 15 is 0 Å². The third-order valence-electron chi connectivity index (χ3n) is 1.58. The molecule has 20 heavy (non-hydrogen) atoms. The fourth-order valence-corrected chi connectivity index (χ4v) is 0.824. The lowest BCUT2D eigenvalue weighted by atomic mass is 10.2. The minimum atomic E-state index is -5.74. The highest BCUT2D eigenvalue weighted by Gasteiger charge is 2.54. The van der Waals surface area contributed by atoms with Crippen molar-refractivity contribution < 1.29 is 40.7 Å². The van der Waals surface area contributed by atoms with Crippen LogP contribution in [0, 0.1) is 0 Å². The lowest BCUT2D eigenvalue weighted by Gasteiger charge is -2.21. The van der Waals surface area contributed by atoms with Crippen LogP contribution in [-0.2, 0) is 14.4 Å². The second-order valence-corrected chi connectivity index (χ2v) is 4.72. The Morgan fingerprint density at radius 3 is 1.70 bits per heavy atom. The number of nitrogens with zero attached hydrogens (tertiary/aromatic N) is 1. The third kappa shape index (κ3) is 6.62. The molecular formula is C10H13F6NO3. The van der Waals surface area contributed by atoms with E-state index in [-0.39, 0.29) is 0 Å². The minimum absolute atomic E-state index is 0.919. The first-order valence-corrected chi connectivity index (χ1v) is 5.25. The third-order valence-corrected chi connectivity index (χ3v) is 1.58. The van der Waals surface area contributed by atoms with E-state index in [1.54, 1.807) is 0 Å². The van der Waals surface area contributed by atoms with E-state index in [0.717, 1.165) is 6.92 Å². The Morgan fingerprint density at radius 2 is 1.40 bits per heavy atom. The quantitative estimate of drug-likeness (QED) is 0.348. The van der Waals surface area contributed by atoms with Gasteiger partial charge in [-0.2, -0.15) is 26.3 Å². The molecule has 0 aromatic rings. The average molecular weight is 309 g/mol. The van der Waals surface area contributed by atoms with Crippen LogP contribution in [0.5, 0.6) is 0 Å². The van der Waals surface area contributed by atoms with Gasteiger partial charge in [0, 0.05) is 0 Å². The Hall–Kier alpha value is -1.48. The summed E-state index contributed by atoms with van der Waals surface area (Å²) in [5.41, 5.74) is -4.05. The maximum atomic E-state index is 12.1. The predicted octanol–water partition coefficient (Wildman–Crippen LogP) is 3.21. The summed E-state index contributed by atoms with van der Waals surface area (Å²) in [5.74, 6) is -1.13. The summed E-state index contributed by atoms with van der Waals surface area (Å²) in [4.78, 5) is 15.2. The molecule has 0 aliphatic rings. The van der Waals surface area contributed by atoms with Gasteiger partial charge in [-0.3, -0.25) is 0 Å². The largest absolute Gasteiger partial charge is 0.457 e. The molecule has 0 rings (SSSR count). The van der Waals surface area contributed by atoms with E-state index in [4.69, 9.17) is 4.74 Å². The van der Waals surface area contributed by atoms with E-state index < -0.39 is 35.7 Å². The summed E-state index contributed by atoms with van der Waals surface area (Å²) in [6.45, 7) is 5.33. The summed E-state index contributed by atoms with van der Waals surface area (Å²) >= 11 is 0. The molecular weight excluding hydrogens is 296 g/mol. The number of esters is 1. The van der Waals surface area contributed by atoms with Crippen LogP contribution in [0.15, 0.2) is 5.16 Å². The van der Waals surface area contributed by atoms with Gasteiger partial charge in [-0.25, -0.2) is 4.79 Å². The predicted molar refractivity (Wildman–Crippen MR) is 55.9 cm³/mol. The number of ether oxygens (including phenoxy) is 1. The second kappa shape index (κ2) is 5.88. The van der Waals surface area contributed by atoms with E-state index in [1.807, 2.05) is 5.16 Å². The average Bonchev–Trinajstić information content (AvgIpc) is 2.09. The van der Waals surface area contributed by atoms with Crippen molar-refractivity contribution in [1.82, 2.24) is 0 Å². The highest BCUT2D eigenvalue weighted by atomic mass is 19.4. The molecule has 0 amide bonds. The molecule has 0 aliphatic carbocycles. The molecule has 0 aromatic heterocycles. The molecule has 0 saturated heterocycles. The summed E-state index contributed by atoms with van der Waals surface area (Å²) in [5, 5.41) is 1.98. The Kier molecular flexibility index (Phi) is 5.44. The monoisotopic (exact) mass is 309 g/mol. The van der Waals surface area contributed by atoms with Crippen molar-refractivity contribution in [1.29, 1.82) is 0 Å². The lowest BCUT2D eigenvalue weighted by Crippen LogP contribution is -2.38. The zero-order chi connectivity index (χ0) is 16.4. The second-order valence-electron chi connectivity index (χ2n) is 4.72. The van der Waals surface area contributed by atoms with Gasteiger partial charge in [0.25, 0.3) is 5.71 Å². The Labute approximate surface area is 110 Å². The first-order chi connectivity index (χ1) is 8.64. The number of alkyl halides is 6. The maximum Gasteiger partial charge on any atom is 0.441 e. The molecule has 1 unspecified atom stereocenters. The van der Waals surface area contributed by atoms with Gasteiger partial charge in [-0.15, -0.1) is 0 Å². The normalized spacial score (nSPS) is 14.5. The van der Waals surface area contributed by atoms with E-state index in [0.29, 0.717) is 0 Å². The summed E-state index contributed by atoms with van der Waals surface area (Å²) in [6.07, 6.45) is -13.2. The van der Waals surface area contributed by atoms with Crippen LogP contribution in [-0.4, -0.2) is 35.7 Å². The number of rotatable bonds is 3. The van der Waals surface area contributed by atoms with Crippen LogP contribution in [0.4, 0.5) is 26.3 Å². The first kappa shape index (κ1) is 18.5. The van der Waals surface area contributed by atoms with Gasteiger partial charge in [0.2, 0.25) is 6.10 Å². The smallest absolute Gasteiger partial charge is 0.441 e. The minimum Gasteiger partial charge on any atom is -0.457 e. The summed E-state index contributed by atoms with van der Waals surface area (Å²) in [6, 6.07) is 0. The molecule has 10 heteroatoms. The lowest BCUT2D eigenvalue weighted by molar-refractivity contribution is -0.169. The van der Waals surface area contributed by atoms with Crippen LogP contribution in [0.25, 0.3) is 0 Å². The van der Waals surface area contributed by atoms with Gasteiger partial charge in [-0.05, 0) is 27.7 Å². The number of hydrogen-bond acceptors (Lipinski definition) is 4. The fraction of sp³-hybridized carbons (Fsp3) is 0.800. The molecule has 0 N–H and O–H groups in total. The highest BCUT2D eigenvalue weighted by molar-refractivity contribution is 5.94. The van der Waals surface area contributed by atoms with Gasteiger partial charge in [0.05, 0.1) is 0 Å². The molecule has 0 spiro atoms. The Morgan fingerprint density at radius 1 is 1.00 bits per heavy atom. The zero-order valence-electron chi connectivity index (χ0n) is 11.0. The van der Waals surface area contributed by atoms with Crippen molar-refractivity contribution in [3.63, 3.8) is 0 Å².